The molecule has 2 fully saturated rings. The molecule has 130 valence electrons. The Kier molecular flexibility index (Phi) is 3.75. The number of aromatic amines is 1. The van der Waals surface area contributed by atoms with E-state index in [4.69, 9.17) is 0 Å². The lowest BCUT2D eigenvalue weighted by Crippen LogP contribution is -2.59. The number of nitrogens with zero attached hydrogens (tertiary/aromatic N) is 3. The quantitative estimate of drug-likeness (QED) is 0.736. The third-order valence-electron chi connectivity index (χ3n) is 5.71. The topological polar surface area (TPSA) is 56.8 Å². The first kappa shape index (κ1) is 15.3. The zero-order valence-electron chi connectivity index (χ0n) is 14.3. The first-order valence-electron chi connectivity index (χ1n) is 9.21. The Morgan fingerprint density at radius 2 is 2.08 bits per heavy atom. The van der Waals surface area contributed by atoms with Gasteiger partial charge in [-0.1, -0.05) is 6.42 Å². The lowest BCUT2D eigenvalue weighted by molar-refractivity contribution is 0.216. The van der Waals surface area contributed by atoms with Gasteiger partial charge < -0.3 is 15.2 Å². The van der Waals surface area contributed by atoms with Crippen molar-refractivity contribution in [3.63, 3.8) is 0 Å². The van der Waals surface area contributed by atoms with Gasteiger partial charge in [-0.05, 0) is 38.3 Å². The number of thiazole rings is 1. The average Bonchev–Trinajstić information content (AvgIpc) is 3.31. The molecule has 0 bridgehead atoms. The fourth-order valence-electron chi connectivity index (χ4n) is 4.54. The molecule has 6 heteroatoms. The first-order chi connectivity index (χ1) is 12.3. The molecular weight excluding hydrogens is 330 g/mol. The van der Waals surface area contributed by atoms with E-state index < -0.39 is 0 Å². The largest absolute Gasteiger partial charge is 0.369 e. The Hall–Kier alpha value is -1.92. The molecule has 3 aromatic heterocycles. The lowest BCUT2D eigenvalue weighted by Gasteiger charge is -2.47. The molecule has 1 spiro atoms. The number of hydrogen-bond acceptors (Lipinski definition) is 5. The Bertz CT molecular complexity index is 858. The van der Waals surface area contributed by atoms with Crippen molar-refractivity contribution < 1.29 is 0 Å². The lowest BCUT2D eigenvalue weighted by atomic mass is 9.81. The normalized spacial score (nSPS) is 24.2. The van der Waals surface area contributed by atoms with Gasteiger partial charge in [-0.15, -0.1) is 11.3 Å². The van der Waals surface area contributed by atoms with Gasteiger partial charge >= 0.3 is 0 Å². The summed E-state index contributed by atoms with van der Waals surface area (Å²) in [6, 6.07) is 2.18. The summed E-state index contributed by atoms with van der Waals surface area (Å²) in [7, 11) is 0. The van der Waals surface area contributed by atoms with Crippen LogP contribution in [0.4, 0.5) is 5.69 Å². The standard InChI is InChI=1S/C19H23N5S/c1-2-7-23-19(5-1)6-3-10-24(13-19)15-4-8-20-17-16(15)14(12-22-17)18-21-9-11-25-18/h4,8-9,11-12,23H,1-3,5-7,10,13H2,(H,20,22). The third kappa shape index (κ3) is 2.64. The summed E-state index contributed by atoms with van der Waals surface area (Å²) in [6.07, 6.45) is 12.3. The highest BCUT2D eigenvalue weighted by atomic mass is 32.1. The summed E-state index contributed by atoms with van der Waals surface area (Å²) in [4.78, 5) is 15.0. The van der Waals surface area contributed by atoms with Crippen molar-refractivity contribution in [2.45, 2.75) is 37.6 Å². The molecule has 5 rings (SSSR count). The monoisotopic (exact) mass is 353 g/mol. The van der Waals surface area contributed by atoms with Crippen LogP contribution in [0.25, 0.3) is 21.6 Å². The number of pyridine rings is 1. The van der Waals surface area contributed by atoms with E-state index in [2.05, 4.69) is 37.4 Å². The van der Waals surface area contributed by atoms with Gasteiger partial charge in [-0.25, -0.2) is 9.97 Å². The Morgan fingerprint density at radius 3 is 2.92 bits per heavy atom. The predicted molar refractivity (Wildman–Crippen MR) is 103 cm³/mol. The zero-order chi connectivity index (χ0) is 16.7. The van der Waals surface area contributed by atoms with Gasteiger partial charge in [0.25, 0.3) is 0 Å². The minimum Gasteiger partial charge on any atom is -0.369 e. The summed E-state index contributed by atoms with van der Waals surface area (Å²) >= 11 is 1.68. The number of rotatable bonds is 2. The Labute approximate surface area is 151 Å². The van der Waals surface area contributed by atoms with E-state index in [-0.39, 0.29) is 0 Å². The van der Waals surface area contributed by atoms with Crippen LogP contribution in [0.1, 0.15) is 32.1 Å². The molecule has 1 atom stereocenters. The van der Waals surface area contributed by atoms with E-state index >= 15 is 0 Å². The maximum Gasteiger partial charge on any atom is 0.140 e. The van der Waals surface area contributed by atoms with Crippen molar-refractivity contribution in [1.29, 1.82) is 0 Å². The van der Waals surface area contributed by atoms with Crippen molar-refractivity contribution in [3.8, 4) is 10.6 Å². The number of hydrogen-bond donors (Lipinski definition) is 2. The van der Waals surface area contributed by atoms with E-state index in [1.54, 1.807) is 11.3 Å². The van der Waals surface area contributed by atoms with Crippen LogP contribution in [0.2, 0.25) is 0 Å². The summed E-state index contributed by atoms with van der Waals surface area (Å²) in [5.74, 6) is 0. The van der Waals surface area contributed by atoms with E-state index in [0.717, 1.165) is 30.3 Å². The second kappa shape index (κ2) is 6.11. The maximum absolute atomic E-state index is 4.55. The third-order valence-corrected chi connectivity index (χ3v) is 6.52. The minimum absolute atomic E-state index is 0.295. The van der Waals surface area contributed by atoms with E-state index in [1.165, 1.54) is 48.7 Å². The van der Waals surface area contributed by atoms with Gasteiger partial charge in [0.1, 0.15) is 10.7 Å². The molecule has 0 radical (unpaired) electrons. The van der Waals surface area contributed by atoms with Crippen molar-refractivity contribution in [3.05, 3.63) is 30.0 Å². The molecule has 2 saturated heterocycles. The molecule has 2 aliphatic heterocycles. The number of fused-ring (bicyclic) bond motifs is 1. The average molecular weight is 353 g/mol. The van der Waals surface area contributed by atoms with Crippen LogP contribution >= 0.6 is 11.3 Å². The summed E-state index contributed by atoms with van der Waals surface area (Å²) in [5.41, 5.74) is 3.72. The molecule has 0 aromatic carbocycles. The highest BCUT2D eigenvalue weighted by Gasteiger charge is 2.37. The van der Waals surface area contributed by atoms with Crippen LogP contribution in [-0.4, -0.2) is 40.1 Å². The molecule has 5 nitrogen and oxygen atoms in total. The Morgan fingerprint density at radius 1 is 1.12 bits per heavy atom. The summed E-state index contributed by atoms with van der Waals surface area (Å²) in [5, 5.41) is 8.15. The van der Waals surface area contributed by atoms with Crippen LogP contribution in [0.5, 0.6) is 0 Å². The van der Waals surface area contributed by atoms with Crippen LogP contribution < -0.4 is 10.2 Å². The summed E-state index contributed by atoms with van der Waals surface area (Å²) in [6.45, 7) is 3.37. The highest BCUT2D eigenvalue weighted by molar-refractivity contribution is 7.13. The second-order valence-electron chi connectivity index (χ2n) is 7.28. The smallest absolute Gasteiger partial charge is 0.140 e. The van der Waals surface area contributed by atoms with E-state index in [0.29, 0.717) is 5.54 Å². The summed E-state index contributed by atoms with van der Waals surface area (Å²) < 4.78 is 0. The van der Waals surface area contributed by atoms with Gasteiger partial charge in [0.15, 0.2) is 0 Å². The van der Waals surface area contributed by atoms with Gasteiger partial charge in [0.05, 0.1) is 11.1 Å². The van der Waals surface area contributed by atoms with Crippen molar-refractivity contribution in [2.24, 2.45) is 0 Å². The molecule has 25 heavy (non-hydrogen) atoms. The van der Waals surface area contributed by atoms with Crippen LogP contribution in [0, 0.1) is 0 Å². The highest BCUT2D eigenvalue weighted by Crippen LogP contribution is 2.38. The molecular formula is C19H23N5S. The number of nitrogens with one attached hydrogen (secondary N) is 2. The number of piperidine rings is 2. The maximum atomic E-state index is 4.55. The molecule has 0 aliphatic carbocycles. The molecule has 2 aliphatic rings. The van der Waals surface area contributed by atoms with Crippen molar-refractivity contribution >= 4 is 28.1 Å². The van der Waals surface area contributed by atoms with Gasteiger partial charge in [0.2, 0.25) is 0 Å². The van der Waals surface area contributed by atoms with Gasteiger partial charge in [0, 0.05) is 48.2 Å². The number of anilines is 1. The molecule has 0 saturated carbocycles. The SMILES string of the molecule is c1csc(-c2c[nH]c3nccc(N4CCCC5(CCCCN5)C4)c23)n1. The van der Waals surface area contributed by atoms with E-state index in [1.807, 2.05) is 17.8 Å². The molecule has 5 heterocycles. The number of aromatic nitrogens is 3. The van der Waals surface area contributed by atoms with Crippen LogP contribution in [0.3, 0.4) is 0 Å². The van der Waals surface area contributed by atoms with Gasteiger partial charge in [-0.3, -0.25) is 0 Å². The molecule has 0 amide bonds. The van der Waals surface area contributed by atoms with E-state index in [9.17, 15) is 0 Å². The van der Waals surface area contributed by atoms with Gasteiger partial charge in [-0.2, -0.15) is 0 Å². The molecule has 2 N–H and O–H groups in total. The first-order valence-corrected chi connectivity index (χ1v) is 10.1. The predicted octanol–water partition coefficient (Wildman–Crippen LogP) is 3.80. The minimum atomic E-state index is 0.295. The van der Waals surface area contributed by atoms with Crippen LogP contribution in [0.15, 0.2) is 30.0 Å². The molecule has 1 unspecified atom stereocenters. The number of H-pyrrole nitrogens is 1. The second-order valence-corrected chi connectivity index (χ2v) is 8.18. The van der Waals surface area contributed by atoms with Crippen LogP contribution in [-0.2, 0) is 0 Å². The van der Waals surface area contributed by atoms with Crippen molar-refractivity contribution in [1.82, 2.24) is 20.3 Å². The molecule has 3 aromatic rings. The fourth-order valence-corrected chi connectivity index (χ4v) is 5.20. The van der Waals surface area contributed by atoms with Crippen molar-refractivity contribution in [2.75, 3.05) is 24.5 Å². The zero-order valence-corrected chi connectivity index (χ0v) is 15.1. The fraction of sp³-hybridized carbons (Fsp3) is 0.474. The Balaban J connectivity index is 1.57.